The van der Waals surface area contributed by atoms with Crippen LogP contribution in [0, 0.1) is 0 Å². The normalized spacial score (nSPS) is 14.7. The molecule has 0 aliphatic heterocycles. The van der Waals surface area contributed by atoms with Gasteiger partial charge in [-0.25, -0.2) is 9.42 Å². The Morgan fingerprint density at radius 1 is 1.44 bits per heavy atom. The minimum atomic E-state index is -2.92. The first-order valence-corrected chi connectivity index (χ1v) is 4.95. The van der Waals surface area contributed by atoms with E-state index in [1.54, 1.807) is 18.2 Å². The molecule has 0 amide bonds. The Balaban J connectivity index is 2.45. The van der Waals surface area contributed by atoms with Crippen molar-refractivity contribution < 1.29 is 23.1 Å². The number of ketones is 1. The SMILES string of the molecule is [2H]C([2H])([2H])OC(=O)C(=Cc1cccc2nonc12)C(C)=O. The van der Waals surface area contributed by atoms with Crippen molar-refractivity contribution in [2.75, 3.05) is 7.04 Å². The van der Waals surface area contributed by atoms with Crippen molar-refractivity contribution in [3.05, 3.63) is 29.3 Å². The van der Waals surface area contributed by atoms with E-state index in [2.05, 4.69) is 19.7 Å². The molecule has 0 unspecified atom stereocenters. The molecule has 2 rings (SSSR count). The van der Waals surface area contributed by atoms with Gasteiger partial charge in [0, 0.05) is 5.56 Å². The quantitative estimate of drug-likeness (QED) is 0.353. The van der Waals surface area contributed by atoms with Gasteiger partial charge in [-0.3, -0.25) is 4.79 Å². The highest BCUT2D eigenvalue weighted by atomic mass is 16.6. The third kappa shape index (κ3) is 2.13. The van der Waals surface area contributed by atoms with Crippen molar-refractivity contribution in [2.24, 2.45) is 0 Å². The van der Waals surface area contributed by atoms with E-state index in [-0.39, 0.29) is 0 Å². The molecule has 0 saturated heterocycles. The molecule has 0 bridgehead atoms. The molecule has 1 aromatic carbocycles. The van der Waals surface area contributed by atoms with Crippen molar-refractivity contribution >= 4 is 28.9 Å². The second-order valence-corrected chi connectivity index (χ2v) is 3.48. The molecule has 0 atom stereocenters. The number of benzene rings is 1. The number of fused-ring (bicyclic) bond motifs is 1. The minimum absolute atomic E-state index is 0.345. The molecular weight excluding hydrogens is 236 g/mol. The maximum Gasteiger partial charge on any atom is 0.341 e. The Bertz CT molecular complexity index is 733. The maximum atomic E-state index is 11.7. The van der Waals surface area contributed by atoms with Crippen molar-refractivity contribution in [3.8, 4) is 0 Å². The Labute approximate surface area is 106 Å². The lowest BCUT2D eigenvalue weighted by atomic mass is 10.1. The molecule has 1 aromatic heterocycles. The highest BCUT2D eigenvalue weighted by molar-refractivity contribution is 6.20. The Hall–Kier alpha value is -2.50. The number of rotatable bonds is 3. The number of carbonyl (C=O) groups is 2. The first kappa shape index (κ1) is 8.57. The number of carbonyl (C=O) groups excluding carboxylic acids is 2. The summed E-state index contributed by atoms with van der Waals surface area (Å²) in [5, 5.41) is 7.29. The molecule has 0 N–H and O–H groups in total. The molecule has 0 fully saturated rings. The lowest BCUT2D eigenvalue weighted by molar-refractivity contribution is -0.137. The van der Waals surface area contributed by atoms with Crippen LogP contribution in [0.4, 0.5) is 0 Å². The van der Waals surface area contributed by atoms with Crippen molar-refractivity contribution in [1.82, 2.24) is 10.3 Å². The molecule has 0 aliphatic rings. The Morgan fingerprint density at radius 2 is 2.28 bits per heavy atom. The third-order valence-electron chi connectivity index (χ3n) is 2.31. The predicted octanol–water partition coefficient (Wildman–Crippen LogP) is 1.37. The molecule has 92 valence electrons. The van der Waals surface area contributed by atoms with Crippen LogP contribution in [0.2, 0.25) is 0 Å². The number of aromatic nitrogens is 2. The standard InChI is InChI=1S/C12H10N2O4/c1-7(15)9(12(16)17-2)6-8-4-3-5-10-11(8)14-18-13-10/h3-6H,1-2H3/i2D3. The first-order chi connectivity index (χ1) is 9.78. The van der Waals surface area contributed by atoms with Crippen LogP contribution >= 0.6 is 0 Å². The largest absolute Gasteiger partial charge is 0.465 e. The summed E-state index contributed by atoms with van der Waals surface area (Å²) in [4.78, 5) is 23.3. The van der Waals surface area contributed by atoms with E-state index in [4.69, 9.17) is 4.11 Å². The van der Waals surface area contributed by atoms with Gasteiger partial charge < -0.3 is 4.74 Å². The Kier molecular flexibility index (Phi) is 2.28. The van der Waals surface area contributed by atoms with Gasteiger partial charge in [0.1, 0.15) is 16.6 Å². The van der Waals surface area contributed by atoms with Gasteiger partial charge in [-0.2, -0.15) is 0 Å². The van der Waals surface area contributed by atoms with Crippen molar-refractivity contribution in [3.63, 3.8) is 0 Å². The van der Waals surface area contributed by atoms with Crippen LogP contribution in [0.3, 0.4) is 0 Å². The lowest BCUT2D eigenvalue weighted by Gasteiger charge is -2.01. The van der Waals surface area contributed by atoms with Crippen LogP contribution in [0.1, 0.15) is 16.6 Å². The third-order valence-corrected chi connectivity index (χ3v) is 2.31. The number of esters is 1. The van der Waals surface area contributed by atoms with E-state index >= 15 is 0 Å². The molecule has 0 aliphatic carbocycles. The van der Waals surface area contributed by atoms with Crippen LogP contribution in [0.5, 0.6) is 0 Å². The highest BCUT2D eigenvalue weighted by Crippen LogP contribution is 2.18. The predicted molar refractivity (Wildman–Crippen MR) is 62.5 cm³/mol. The summed E-state index contributed by atoms with van der Waals surface area (Å²) in [6.45, 7) is 1.13. The topological polar surface area (TPSA) is 82.3 Å². The van der Waals surface area contributed by atoms with Crippen molar-refractivity contribution in [2.45, 2.75) is 6.92 Å². The van der Waals surface area contributed by atoms with E-state index in [0.717, 1.165) is 6.92 Å². The average Bonchev–Trinajstić information content (AvgIpc) is 2.81. The Morgan fingerprint density at radius 3 is 3.00 bits per heavy atom. The maximum absolute atomic E-state index is 11.7. The van der Waals surface area contributed by atoms with Gasteiger partial charge in [0.05, 0.1) is 11.2 Å². The van der Waals surface area contributed by atoms with Gasteiger partial charge in [-0.15, -0.1) is 0 Å². The summed E-state index contributed by atoms with van der Waals surface area (Å²) in [7, 11) is -2.92. The average molecular weight is 249 g/mol. The zero-order chi connectivity index (χ0) is 15.6. The summed E-state index contributed by atoms with van der Waals surface area (Å²) >= 11 is 0. The van der Waals surface area contributed by atoms with E-state index in [0.29, 0.717) is 16.6 Å². The van der Waals surface area contributed by atoms with E-state index in [1.807, 2.05) is 0 Å². The van der Waals surface area contributed by atoms with Gasteiger partial charge in [0.2, 0.25) is 0 Å². The number of Topliss-reactive ketones (excluding diaryl/α,β-unsaturated/α-hetero) is 1. The number of ether oxygens (including phenoxy) is 1. The molecule has 2 aromatic rings. The smallest absolute Gasteiger partial charge is 0.341 e. The molecule has 18 heavy (non-hydrogen) atoms. The molecule has 6 heteroatoms. The van der Waals surface area contributed by atoms with Gasteiger partial charge in [-0.05, 0) is 29.4 Å². The van der Waals surface area contributed by atoms with Crippen LogP contribution in [0.15, 0.2) is 28.4 Å². The summed E-state index contributed by atoms with van der Waals surface area (Å²) in [6.07, 6.45) is 1.20. The fourth-order valence-electron chi connectivity index (χ4n) is 1.46. The fraction of sp³-hybridized carbons (Fsp3) is 0.167. The van der Waals surface area contributed by atoms with Crippen LogP contribution in [-0.2, 0) is 14.3 Å². The van der Waals surface area contributed by atoms with E-state index in [1.165, 1.54) is 6.08 Å². The summed E-state index contributed by atoms with van der Waals surface area (Å²) in [5.41, 5.74) is 0.775. The van der Waals surface area contributed by atoms with Gasteiger partial charge >= 0.3 is 5.97 Å². The summed E-state index contributed by atoms with van der Waals surface area (Å²) in [5.74, 6) is -1.85. The zero-order valence-corrected chi connectivity index (χ0v) is 9.34. The first-order valence-electron chi connectivity index (χ1n) is 6.45. The van der Waals surface area contributed by atoms with E-state index in [9.17, 15) is 9.59 Å². The lowest BCUT2D eigenvalue weighted by Crippen LogP contribution is -2.11. The van der Waals surface area contributed by atoms with Crippen LogP contribution < -0.4 is 0 Å². The monoisotopic (exact) mass is 249 g/mol. The van der Waals surface area contributed by atoms with Crippen LogP contribution in [-0.4, -0.2) is 29.1 Å². The van der Waals surface area contributed by atoms with Crippen LogP contribution in [0.25, 0.3) is 17.1 Å². The molecule has 1 heterocycles. The number of nitrogens with zero attached hydrogens (tertiary/aromatic N) is 2. The number of methoxy groups -OCH3 is 1. The molecule has 0 saturated carbocycles. The van der Waals surface area contributed by atoms with Gasteiger partial charge in [0.15, 0.2) is 5.78 Å². The fourth-order valence-corrected chi connectivity index (χ4v) is 1.46. The second kappa shape index (κ2) is 4.79. The summed E-state index contributed by atoms with van der Waals surface area (Å²) in [6, 6.07) is 4.85. The van der Waals surface area contributed by atoms with Gasteiger partial charge in [-0.1, -0.05) is 12.1 Å². The molecule has 6 nitrogen and oxygen atoms in total. The van der Waals surface area contributed by atoms with Gasteiger partial charge in [0.25, 0.3) is 0 Å². The number of hydrogen-bond donors (Lipinski definition) is 0. The second-order valence-electron chi connectivity index (χ2n) is 3.48. The minimum Gasteiger partial charge on any atom is -0.465 e. The molecular formula is C12H10N2O4. The molecule has 0 spiro atoms. The zero-order valence-electron chi connectivity index (χ0n) is 12.3. The summed E-state index contributed by atoms with van der Waals surface area (Å²) < 4.78 is 29.5. The van der Waals surface area contributed by atoms with Crippen molar-refractivity contribution in [1.29, 1.82) is 0 Å². The highest BCUT2D eigenvalue weighted by Gasteiger charge is 2.16. The number of hydrogen-bond acceptors (Lipinski definition) is 6. The van der Waals surface area contributed by atoms with E-state index < -0.39 is 24.4 Å². The molecule has 0 radical (unpaired) electrons.